The van der Waals surface area contributed by atoms with Crippen molar-refractivity contribution < 1.29 is 9.90 Å². The standard InChI is InChI=1S/C17H14N2O2/c18-9-13-10-19-15-4-2-1-3-14(15)16(13)11-5-7-12(8-6-11)17(20)21/h1-8,10H,9,18H2,(H,20,21). The second-order valence-corrected chi connectivity index (χ2v) is 4.76. The average Bonchev–Trinajstić information content (AvgIpc) is 2.53. The Morgan fingerprint density at radius 3 is 2.48 bits per heavy atom. The number of carboxylic acids is 1. The first kappa shape index (κ1) is 13.3. The zero-order valence-corrected chi connectivity index (χ0v) is 11.3. The normalized spacial score (nSPS) is 10.7. The zero-order chi connectivity index (χ0) is 14.8. The molecule has 0 fully saturated rings. The number of hydrogen-bond acceptors (Lipinski definition) is 3. The predicted octanol–water partition coefficient (Wildman–Crippen LogP) is 3.06. The lowest BCUT2D eigenvalue weighted by Crippen LogP contribution is -2.01. The summed E-state index contributed by atoms with van der Waals surface area (Å²) in [5, 5.41) is 10.0. The van der Waals surface area contributed by atoms with Gasteiger partial charge in [-0.3, -0.25) is 4.98 Å². The van der Waals surface area contributed by atoms with Crippen molar-refractivity contribution in [2.75, 3.05) is 0 Å². The Labute approximate surface area is 121 Å². The Bertz CT molecular complexity index is 811. The van der Waals surface area contributed by atoms with Gasteiger partial charge in [0.2, 0.25) is 0 Å². The van der Waals surface area contributed by atoms with Gasteiger partial charge in [-0.25, -0.2) is 4.79 Å². The minimum atomic E-state index is -0.930. The van der Waals surface area contributed by atoms with Gasteiger partial charge < -0.3 is 10.8 Å². The summed E-state index contributed by atoms with van der Waals surface area (Å²) in [5.74, 6) is -0.930. The summed E-state index contributed by atoms with van der Waals surface area (Å²) >= 11 is 0. The molecular weight excluding hydrogens is 264 g/mol. The highest BCUT2D eigenvalue weighted by Crippen LogP contribution is 2.31. The van der Waals surface area contributed by atoms with E-state index in [4.69, 9.17) is 10.8 Å². The van der Waals surface area contributed by atoms with E-state index in [2.05, 4.69) is 4.98 Å². The number of aromatic nitrogens is 1. The van der Waals surface area contributed by atoms with E-state index in [0.717, 1.165) is 27.6 Å². The molecule has 3 aromatic rings. The number of aromatic carboxylic acids is 1. The van der Waals surface area contributed by atoms with Gasteiger partial charge in [-0.1, -0.05) is 30.3 Å². The van der Waals surface area contributed by atoms with Crippen LogP contribution in [0.5, 0.6) is 0 Å². The summed E-state index contributed by atoms with van der Waals surface area (Å²) in [4.78, 5) is 15.4. The van der Waals surface area contributed by atoms with Gasteiger partial charge in [-0.15, -0.1) is 0 Å². The number of hydrogen-bond donors (Lipinski definition) is 2. The Kier molecular flexibility index (Phi) is 3.38. The number of pyridine rings is 1. The lowest BCUT2D eigenvalue weighted by Gasteiger charge is -2.12. The number of carbonyl (C=O) groups is 1. The van der Waals surface area contributed by atoms with Crippen molar-refractivity contribution in [2.45, 2.75) is 6.54 Å². The molecule has 3 rings (SSSR count). The van der Waals surface area contributed by atoms with Crippen molar-refractivity contribution in [2.24, 2.45) is 5.73 Å². The van der Waals surface area contributed by atoms with Gasteiger partial charge in [0, 0.05) is 18.1 Å². The van der Waals surface area contributed by atoms with Crippen molar-refractivity contribution in [3.05, 3.63) is 65.9 Å². The number of carboxylic acid groups (broad SMARTS) is 1. The van der Waals surface area contributed by atoms with Crippen LogP contribution in [0.25, 0.3) is 22.0 Å². The van der Waals surface area contributed by atoms with Crippen LogP contribution in [-0.2, 0) is 6.54 Å². The SMILES string of the molecule is NCc1cnc2ccccc2c1-c1ccc(C(=O)O)cc1. The second-order valence-electron chi connectivity index (χ2n) is 4.76. The van der Waals surface area contributed by atoms with Crippen molar-refractivity contribution in [1.82, 2.24) is 4.98 Å². The van der Waals surface area contributed by atoms with Crippen LogP contribution in [0, 0.1) is 0 Å². The van der Waals surface area contributed by atoms with E-state index in [1.807, 2.05) is 36.4 Å². The molecule has 0 unspecified atom stereocenters. The van der Waals surface area contributed by atoms with Gasteiger partial charge in [-0.05, 0) is 34.9 Å². The van der Waals surface area contributed by atoms with Gasteiger partial charge >= 0.3 is 5.97 Å². The van der Waals surface area contributed by atoms with Gasteiger partial charge in [-0.2, -0.15) is 0 Å². The maximum Gasteiger partial charge on any atom is 0.335 e. The molecule has 0 saturated heterocycles. The molecule has 1 aromatic heterocycles. The molecule has 0 radical (unpaired) electrons. The van der Waals surface area contributed by atoms with Gasteiger partial charge in [0.25, 0.3) is 0 Å². The summed E-state index contributed by atoms with van der Waals surface area (Å²) in [7, 11) is 0. The van der Waals surface area contributed by atoms with Crippen LogP contribution >= 0.6 is 0 Å². The third kappa shape index (κ3) is 2.37. The molecular formula is C17H14N2O2. The third-order valence-electron chi connectivity index (χ3n) is 3.49. The van der Waals surface area contributed by atoms with Crippen molar-refractivity contribution in [3.8, 4) is 11.1 Å². The van der Waals surface area contributed by atoms with Crippen LogP contribution in [0.2, 0.25) is 0 Å². The van der Waals surface area contributed by atoms with Crippen LogP contribution in [0.15, 0.2) is 54.7 Å². The third-order valence-corrected chi connectivity index (χ3v) is 3.49. The zero-order valence-electron chi connectivity index (χ0n) is 11.3. The van der Waals surface area contributed by atoms with Crippen LogP contribution in [-0.4, -0.2) is 16.1 Å². The fraction of sp³-hybridized carbons (Fsp3) is 0.0588. The van der Waals surface area contributed by atoms with E-state index in [1.165, 1.54) is 0 Å². The lowest BCUT2D eigenvalue weighted by atomic mass is 9.96. The number of benzene rings is 2. The molecule has 0 amide bonds. The lowest BCUT2D eigenvalue weighted by molar-refractivity contribution is 0.0697. The van der Waals surface area contributed by atoms with Crippen molar-refractivity contribution in [1.29, 1.82) is 0 Å². The molecule has 104 valence electrons. The monoisotopic (exact) mass is 278 g/mol. The molecule has 21 heavy (non-hydrogen) atoms. The van der Waals surface area contributed by atoms with E-state index < -0.39 is 5.97 Å². The molecule has 0 aliphatic heterocycles. The molecule has 1 heterocycles. The quantitative estimate of drug-likeness (QED) is 0.772. The largest absolute Gasteiger partial charge is 0.478 e. The fourth-order valence-corrected chi connectivity index (χ4v) is 2.46. The van der Waals surface area contributed by atoms with Crippen molar-refractivity contribution in [3.63, 3.8) is 0 Å². The number of rotatable bonds is 3. The number of nitrogens with two attached hydrogens (primary N) is 1. The summed E-state index contributed by atoms with van der Waals surface area (Å²) in [6.07, 6.45) is 1.78. The first-order valence-corrected chi connectivity index (χ1v) is 6.61. The predicted molar refractivity (Wildman–Crippen MR) is 82.0 cm³/mol. The maximum absolute atomic E-state index is 11.0. The topological polar surface area (TPSA) is 76.2 Å². The molecule has 4 nitrogen and oxygen atoms in total. The van der Waals surface area contributed by atoms with E-state index in [1.54, 1.807) is 18.3 Å². The second kappa shape index (κ2) is 5.34. The van der Waals surface area contributed by atoms with Gasteiger partial charge in [0.1, 0.15) is 0 Å². The number of fused-ring (bicyclic) bond motifs is 1. The highest BCUT2D eigenvalue weighted by atomic mass is 16.4. The van der Waals surface area contributed by atoms with E-state index in [0.29, 0.717) is 6.54 Å². The Balaban J connectivity index is 2.24. The van der Waals surface area contributed by atoms with Crippen LogP contribution in [0.3, 0.4) is 0 Å². The number of nitrogens with zero attached hydrogens (tertiary/aromatic N) is 1. The molecule has 0 atom stereocenters. The van der Waals surface area contributed by atoms with Gasteiger partial charge in [0.05, 0.1) is 11.1 Å². The van der Waals surface area contributed by atoms with E-state index >= 15 is 0 Å². The molecule has 0 bridgehead atoms. The van der Waals surface area contributed by atoms with E-state index in [9.17, 15) is 4.79 Å². The molecule has 2 aromatic carbocycles. The fourth-order valence-electron chi connectivity index (χ4n) is 2.46. The Hall–Kier alpha value is -2.72. The molecule has 4 heteroatoms. The van der Waals surface area contributed by atoms with Crippen LogP contribution in [0.4, 0.5) is 0 Å². The van der Waals surface area contributed by atoms with E-state index in [-0.39, 0.29) is 5.56 Å². The summed E-state index contributed by atoms with van der Waals surface area (Å²) in [6.45, 7) is 0.383. The highest BCUT2D eigenvalue weighted by Gasteiger charge is 2.11. The Morgan fingerprint density at radius 2 is 1.81 bits per heavy atom. The highest BCUT2D eigenvalue weighted by molar-refractivity contribution is 5.96. The summed E-state index contributed by atoms with van der Waals surface area (Å²) in [6, 6.07) is 14.7. The molecule has 0 aliphatic rings. The molecule has 0 saturated carbocycles. The summed E-state index contributed by atoms with van der Waals surface area (Å²) in [5.41, 5.74) is 9.89. The summed E-state index contributed by atoms with van der Waals surface area (Å²) < 4.78 is 0. The Morgan fingerprint density at radius 1 is 1.10 bits per heavy atom. The molecule has 3 N–H and O–H groups in total. The molecule has 0 aliphatic carbocycles. The minimum absolute atomic E-state index is 0.270. The first-order chi connectivity index (χ1) is 10.2. The first-order valence-electron chi connectivity index (χ1n) is 6.61. The minimum Gasteiger partial charge on any atom is -0.478 e. The van der Waals surface area contributed by atoms with Crippen molar-refractivity contribution >= 4 is 16.9 Å². The van der Waals surface area contributed by atoms with Crippen LogP contribution in [0.1, 0.15) is 15.9 Å². The van der Waals surface area contributed by atoms with Gasteiger partial charge in [0.15, 0.2) is 0 Å². The van der Waals surface area contributed by atoms with Crippen LogP contribution < -0.4 is 5.73 Å². The average molecular weight is 278 g/mol. The molecule has 0 spiro atoms. The maximum atomic E-state index is 11.0. The number of para-hydroxylation sites is 1. The smallest absolute Gasteiger partial charge is 0.335 e.